The predicted octanol–water partition coefficient (Wildman–Crippen LogP) is 4.56. The van der Waals surface area contributed by atoms with Crippen LogP contribution < -0.4 is 4.90 Å². The van der Waals surface area contributed by atoms with Gasteiger partial charge in [-0.1, -0.05) is 41.4 Å². The van der Waals surface area contributed by atoms with Gasteiger partial charge in [0.1, 0.15) is 6.04 Å². The Morgan fingerprint density at radius 3 is 2.43 bits per heavy atom. The van der Waals surface area contributed by atoms with Crippen molar-refractivity contribution >= 4 is 46.6 Å². The summed E-state index contributed by atoms with van der Waals surface area (Å²) in [6.07, 6.45) is 1.24. The number of carbonyl (C=O) groups excluding carboxylic acids is 3. The highest BCUT2D eigenvalue weighted by Gasteiger charge is 2.45. The van der Waals surface area contributed by atoms with Gasteiger partial charge >= 0.3 is 0 Å². The zero-order chi connectivity index (χ0) is 21.3. The molecule has 0 aliphatic carbocycles. The first-order chi connectivity index (χ1) is 14.5. The summed E-state index contributed by atoms with van der Waals surface area (Å²) < 4.78 is 5.24. The maximum absolute atomic E-state index is 13.2. The molecule has 2 aromatic carbocycles. The Morgan fingerprint density at radius 1 is 1.03 bits per heavy atom. The van der Waals surface area contributed by atoms with Gasteiger partial charge in [-0.15, -0.1) is 0 Å². The highest BCUT2D eigenvalue weighted by molar-refractivity contribution is 6.31. The van der Waals surface area contributed by atoms with Crippen LogP contribution in [0.3, 0.4) is 0 Å². The topological polar surface area (TPSA) is 70.8 Å². The highest BCUT2D eigenvalue weighted by Crippen LogP contribution is 2.29. The van der Waals surface area contributed by atoms with E-state index in [-0.39, 0.29) is 18.7 Å². The average molecular weight is 443 g/mol. The quantitative estimate of drug-likeness (QED) is 0.542. The van der Waals surface area contributed by atoms with Gasteiger partial charge in [-0.25, -0.2) is 4.90 Å². The Hall–Kier alpha value is -3.09. The number of carbonyl (C=O) groups is 3. The van der Waals surface area contributed by atoms with Crippen molar-refractivity contribution in [3.8, 4) is 0 Å². The summed E-state index contributed by atoms with van der Waals surface area (Å²) in [6.45, 7) is 0.0529. The molecule has 1 aliphatic rings. The van der Waals surface area contributed by atoms with Crippen molar-refractivity contribution in [2.24, 2.45) is 0 Å². The summed E-state index contributed by atoms with van der Waals surface area (Å²) in [4.78, 5) is 41.5. The molecule has 1 saturated heterocycles. The zero-order valence-electron chi connectivity index (χ0n) is 15.6. The molecule has 152 valence electrons. The van der Waals surface area contributed by atoms with E-state index in [0.717, 1.165) is 4.90 Å². The summed E-state index contributed by atoms with van der Waals surface area (Å²) >= 11 is 12.2. The number of hydrogen-bond donors (Lipinski definition) is 0. The molecule has 1 atom stereocenters. The number of furan rings is 1. The third kappa shape index (κ3) is 3.84. The lowest BCUT2D eigenvalue weighted by Gasteiger charge is -2.27. The van der Waals surface area contributed by atoms with Crippen molar-refractivity contribution in [1.82, 2.24) is 4.90 Å². The van der Waals surface area contributed by atoms with Crippen molar-refractivity contribution in [3.63, 3.8) is 0 Å². The summed E-state index contributed by atoms with van der Waals surface area (Å²) in [5.74, 6) is -1.31. The van der Waals surface area contributed by atoms with E-state index in [2.05, 4.69) is 0 Å². The minimum absolute atomic E-state index is 0.0529. The zero-order valence-corrected chi connectivity index (χ0v) is 17.1. The molecule has 0 N–H and O–H groups in total. The normalized spacial score (nSPS) is 16.2. The fourth-order valence-electron chi connectivity index (χ4n) is 3.40. The van der Waals surface area contributed by atoms with Gasteiger partial charge in [-0.2, -0.15) is 0 Å². The SMILES string of the molecule is O=C1CC(N(Cc2ccccc2Cl)C(=O)c2ccco2)C(=O)N1c1ccc(Cl)cc1. The van der Waals surface area contributed by atoms with Crippen molar-refractivity contribution in [2.45, 2.75) is 19.0 Å². The Bertz CT molecular complexity index is 1100. The molecule has 3 amide bonds. The Kier molecular flexibility index (Phi) is 5.61. The van der Waals surface area contributed by atoms with Crippen molar-refractivity contribution < 1.29 is 18.8 Å². The van der Waals surface area contributed by atoms with Crippen LogP contribution >= 0.6 is 23.2 Å². The smallest absolute Gasteiger partial charge is 0.290 e. The van der Waals surface area contributed by atoms with Crippen LogP contribution in [0.1, 0.15) is 22.5 Å². The van der Waals surface area contributed by atoms with Crippen LogP contribution in [0.25, 0.3) is 0 Å². The Balaban J connectivity index is 1.69. The van der Waals surface area contributed by atoms with Gasteiger partial charge in [-0.3, -0.25) is 14.4 Å². The molecule has 2 heterocycles. The van der Waals surface area contributed by atoms with Crippen LogP contribution in [0.2, 0.25) is 10.0 Å². The monoisotopic (exact) mass is 442 g/mol. The van der Waals surface area contributed by atoms with Gasteiger partial charge in [0, 0.05) is 16.6 Å². The molecule has 0 bridgehead atoms. The molecule has 1 aromatic heterocycles. The van der Waals surface area contributed by atoms with E-state index in [1.165, 1.54) is 17.2 Å². The van der Waals surface area contributed by atoms with E-state index in [1.807, 2.05) is 0 Å². The van der Waals surface area contributed by atoms with E-state index in [4.69, 9.17) is 27.6 Å². The van der Waals surface area contributed by atoms with Crippen LogP contribution in [0.5, 0.6) is 0 Å². The van der Waals surface area contributed by atoms with Crippen LogP contribution in [-0.4, -0.2) is 28.7 Å². The average Bonchev–Trinajstić information content (AvgIpc) is 3.36. The number of halogens is 2. The maximum Gasteiger partial charge on any atom is 0.290 e. The van der Waals surface area contributed by atoms with Crippen LogP contribution in [0.15, 0.2) is 71.3 Å². The van der Waals surface area contributed by atoms with E-state index >= 15 is 0 Å². The number of hydrogen-bond acceptors (Lipinski definition) is 4. The molecular weight excluding hydrogens is 427 g/mol. The van der Waals surface area contributed by atoms with Crippen LogP contribution in [-0.2, 0) is 16.1 Å². The number of rotatable bonds is 5. The molecule has 1 fully saturated rings. The number of imide groups is 1. The lowest BCUT2D eigenvalue weighted by atomic mass is 10.1. The van der Waals surface area contributed by atoms with Crippen molar-refractivity contribution in [1.29, 1.82) is 0 Å². The van der Waals surface area contributed by atoms with Gasteiger partial charge < -0.3 is 9.32 Å². The summed E-state index contributed by atoms with van der Waals surface area (Å²) in [5, 5.41) is 0.948. The number of nitrogens with zero attached hydrogens (tertiary/aromatic N) is 2. The van der Waals surface area contributed by atoms with Crippen LogP contribution in [0, 0.1) is 0 Å². The van der Waals surface area contributed by atoms with E-state index in [0.29, 0.717) is 21.3 Å². The molecule has 30 heavy (non-hydrogen) atoms. The molecule has 8 heteroatoms. The molecule has 4 rings (SSSR count). The van der Waals surface area contributed by atoms with Gasteiger partial charge in [0.25, 0.3) is 11.8 Å². The predicted molar refractivity (Wildman–Crippen MR) is 112 cm³/mol. The first kappa shape index (κ1) is 20.2. The lowest BCUT2D eigenvalue weighted by Crippen LogP contribution is -2.45. The molecule has 3 aromatic rings. The number of benzene rings is 2. The number of amides is 3. The first-order valence-electron chi connectivity index (χ1n) is 9.16. The third-order valence-electron chi connectivity index (χ3n) is 4.88. The van der Waals surface area contributed by atoms with E-state index < -0.39 is 23.8 Å². The van der Waals surface area contributed by atoms with Gasteiger partial charge in [0.05, 0.1) is 18.4 Å². The summed E-state index contributed by atoms with van der Waals surface area (Å²) in [7, 11) is 0. The van der Waals surface area contributed by atoms with Gasteiger partial charge in [-0.05, 0) is 48.0 Å². The minimum atomic E-state index is -0.984. The summed E-state index contributed by atoms with van der Waals surface area (Å²) in [5.41, 5.74) is 1.06. The lowest BCUT2D eigenvalue weighted by molar-refractivity contribution is -0.122. The first-order valence-corrected chi connectivity index (χ1v) is 9.91. The van der Waals surface area contributed by atoms with Crippen molar-refractivity contribution in [2.75, 3.05) is 4.90 Å². The second-order valence-corrected chi connectivity index (χ2v) is 7.61. The van der Waals surface area contributed by atoms with E-state index in [9.17, 15) is 14.4 Å². The van der Waals surface area contributed by atoms with Gasteiger partial charge in [0.2, 0.25) is 5.91 Å². The molecule has 0 saturated carbocycles. The standard InChI is InChI=1S/C22H16Cl2N2O4/c23-15-7-9-16(10-8-15)26-20(27)12-18(21(26)28)25(22(29)19-6-3-11-30-19)13-14-4-1-2-5-17(14)24/h1-11,18H,12-13H2. The molecule has 0 radical (unpaired) electrons. The third-order valence-corrected chi connectivity index (χ3v) is 5.50. The molecule has 0 spiro atoms. The fourth-order valence-corrected chi connectivity index (χ4v) is 3.72. The second-order valence-electron chi connectivity index (χ2n) is 6.77. The fraction of sp³-hybridized carbons (Fsp3) is 0.136. The number of anilines is 1. The van der Waals surface area contributed by atoms with Gasteiger partial charge in [0.15, 0.2) is 5.76 Å². The van der Waals surface area contributed by atoms with Crippen LogP contribution in [0.4, 0.5) is 5.69 Å². The largest absolute Gasteiger partial charge is 0.459 e. The van der Waals surface area contributed by atoms with Crippen molar-refractivity contribution in [3.05, 3.63) is 88.3 Å². The summed E-state index contributed by atoms with van der Waals surface area (Å²) in [6, 6.07) is 15.5. The Morgan fingerprint density at radius 2 is 1.77 bits per heavy atom. The second kappa shape index (κ2) is 8.34. The molecule has 1 unspecified atom stereocenters. The van der Waals surface area contributed by atoms with E-state index in [1.54, 1.807) is 54.6 Å². The molecule has 1 aliphatic heterocycles. The highest BCUT2D eigenvalue weighted by atomic mass is 35.5. The molecule has 6 nitrogen and oxygen atoms in total. The maximum atomic E-state index is 13.2. The minimum Gasteiger partial charge on any atom is -0.459 e. The molecular formula is C22H16Cl2N2O4. The Labute approximate surface area is 182 Å².